The second-order valence-electron chi connectivity index (χ2n) is 2.94. The van der Waals surface area contributed by atoms with Crippen LogP contribution >= 0.6 is 15.9 Å². The summed E-state index contributed by atoms with van der Waals surface area (Å²) in [5.41, 5.74) is 1.23. The number of aromatic nitrogens is 1. The molecular formula is C10H15BrN2. The summed E-state index contributed by atoms with van der Waals surface area (Å²) in [6.07, 6.45) is 1.85. The third-order valence-corrected chi connectivity index (χ3v) is 3.11. The smallest absolute Gasteiger partial charge is 0.143 e. The Kier molecular flexibility index (Phi) is 3.72. The van der Waals surface area contributed by atoms with Crippen molar-refractivity contribution in [3.05, 3.63) is 22.3 Å². The quantitative estimate of drug-likeness (QED) is 0.811. The fraction of sp³-hybridized carbons (Fsp3) is 0.500. The lowest BCUT2D eigenvalue weighted by Gasteiger charge is -2.21. The molecule has 0 aliphatic rings. The van der Waals surface area contributed by atoms with Gasteiger partial charge in [-0.15, -0.1) is 0 Å². The highest BCUT2D eigenvalue weighted by Gasteiger charge is 2.08. The Hall–Kier alpha value is -0.570. The standard InChI is InChI=1S/C10H15BrN2/c1-4-13(5-2)10-9(11)8(3)6-7-12-10/h6-7H,4-5H2,1-3H3. The Balaban J connectivity index is 3.05. The van der Waals surface area contributed by atoms with Gasteiger partial charge in [-0.1, -0.05) is 0 Å². The molecule has 2 nitrogen and oxygen atoms in total. The lowest BCUT2D eigenvalue weighted by molar-refractivity contribution is 0.841. The number of rotatable bonds is 3. The van der Waals surface area contributed by atoms with Gasteiger partial charge in [-0.2, -0.15) is 0 Å². The van der Waals surface area contributed by atoms with Crippen LogP contribution in [0.3, 0.4) is 0 Å². The SMILES string of the molecule is CCN(CC)c1nccc(C)c1Br. The second kappa shape index (κ2) is 4.61. The summed E-state index contributed by atoms with van der Waals surface area (Å²) in [6, 6.07) is 2.01. The number of anilines is 1. The molecule has 1 aromatic rings. The summed E-state index contributed by atoms with van der Waals surface area (Å²) in [5.74, 6) is 1.05. The van der Waals surface area contributed by atoms with Crippen LogP contribution in [0.1, 0.15) is 19.4 Å². The van der Waals surface area contributed by atoms with Crippen LogP contribution in [-0.2, 0) is 0 Å². The normalized spacial score (nSPS) is 10.2. The maximum absolute atomic E-state index is 4.36. The molecule has 0 radical (unpaired) electrons. The largest absolute Gasteiger partial charge is 0.356 e. The van der Waals surface area contributed by atoms with Gasteiger partial charge in [0.2, 0.25) is 0 Å². The predicted molar refractivity (Wildman–Crippen MR) is 60.2 cm³/mol. The molecule has 0 N–H and O–H groups in total. The molecule has 72 valence electrons. The van der Waals surface area contributed by atoms with E-state index in [0.29, 0.717) is 0 Å². The molecule has 0 unspecified atom stereocenters. The average Bonchev–Trinajstić information content (AvgIpc) is 2.14. The van der Waals surface area contributed by atoms with E-state index in [1.807, 2.05) is 12.3 Å². The third kappa shape index (κ3) is 2.21. The van der Waals surface area contributed by atoms with Crippen molar-refractivity contribution in [1.29, 1.82) is 0 Å². The van der Waals surface area contributed by atoms with Gasteiger partial charge in [0.25, 0.3) is 0 Å². The molecule has 1 heterocycles. The van der Waals surface area contributed by atoms with E-state index in [1.54, 1.807) is 0 Å². The van der Waals surface area contributed by atoms with Crippen LogP contribution in [0.15, 0.2) is 16.7 Å². The lowest BCUT2D eigenvalue weighted by atomic mass is 10.3. The fourth-order valence-corrected chi connectivity index (χ4v) is 1.75. The van der Waals surface area contributed by atoms with Crippen LogP contribution in [0.4, 0.5) is 5.82 Å². The number of halogens is 1. The zero-order chi connectivity index (χ0) is 9.84. The Morgan fingerprint density at radius 3 is 2.54 bits per heavy atom. The molecule has 1 rings (SSSR count). The van der Waals surface area contributed by atoms with Crippen molar-refractivity contribution in [2.24, 2.45) is 0 Å². The first-order valence-electron chi connectivity index (χ1n) is 4.56. The molecule has 0 bridgehead atoms. The molecular weight excluding hydrogens is 228 g/mol. The van der Waals surface area contributed by atoms with Gasteiger partial charge < -0.3 is 4.90 Å². The molecule has 0 atom stereocenters. The zero-order valence-corrected chi connectivity index (χ0v) is 9.93. The Morgan fingerprint density at radius 1 is 1.38 bits per heavy atom. The Bertz CT molecular complexity index is 282. The van der Waals surface area contributed by atoms with Gasteiger partial charge in [0.1, 0.15) is 5.82 Å². The van der Waals surface area contributed by atoms with Crippen LogP contribution in [0, 0.1) is 6.92 Å². The minimum absolute atomic E-state index is 0.992. The number of hydrogen-bond donors (Lipinski definition) is 0. The van der Waals surface area contributed by atoms with Gasteiger partial charge >= 0.3 is 0 Å². The molecule has 3 heteroatoms. The summed E-state index contributed by atoms with van der Waals surface area (Å²) in [5, 5.41) is 0. The van der Waals surface area contributed by atoms with E-state index < -0.39 is 0 Å². The molecule has 13 heavy (non-hydrogen) atoms. The van der Waals surface area contributed by atoms with Crippen molar-refractivity contribution in [1.82, 2.24) is 4.98 Å². The highest BCUT2D eigenvalue weighted by atomic mass is 79.9. The Labute approximate surface area is 88.1 Å². The van der Waals surface area contributed by atoms with E-state index in [4.69, 9.17) is 0 Å². The van der Waals surface area contributed by atoms with Crippen molar-refractivity contribution >= 4 is 21.7 Å². The minimum atomic E-state index is 0.992. The van der Waals surface area contributed by atoms with Crippen molar-refractivity contribution in [3.63, 3.8) is 0 Å². The molecule has 0 aliphatic carbocycles. The van der Waals surface area contributed by atoms with Gasteiger partial charge in [0, 0.05) is 19.3 Å². The van der Waals surface area contributed by atoms with Gasteiger partial charge in [0.05, 0.1) is 4.47 Å². The molecule has 0 saturated carbocycles. The second-order valence-corrected chi connectivity index (χ2v) is 3.73. The van der Waals surface area contributed by atoms with Crippen molar-refractivity contribution in [2.45, 2.75) is 20.8 Å². The van der Waals surface area contributed by atoms with Gasteiger partial charge in [-0.25, -0.2) is 4.98 Å². The summed E-state index contributed by atoms with van der Waals surface area (Å²) in [6.45, 7) is 8.34. The van der Waals surface area contributed by atoms with Gasteiger partial charge in [-0.3, -0.25) is 0 Å². The van der Waals surface area contributed by atoms with Crippen LogP contribution in [0.2, 0.25) is 0 Å². The topological polar surface area (TPSA) is 16.1 Å². The molecule has 0 fully saturated rings. The first-order valence-corrected chi connectivity index (χ1v) is 5.36. The maximum Gasteiger partial charge on any atom is 0.143 e. The van der Waals surface area contributed by atoms with Gasteiger partial charge in [-0.05, 0) is 48.3 Å². The first-order chi connectivity index (χ1) is 6.20. The number of pyridine rings is 1. The Morgan fingerprint density at radius 2 is 2.00 bits per heavy atom. The van der Waals surface area contributed by atoms with E-state index in [-0.39, 0.29) is 0 Å². The summed E-state index contributed by atoms with van der Waals surface area (Å²) in [7, 11) is 0. The van der Waals surface area contributed by atoms with Crippen molar-refractivity contribution in [2.75, 3.05) is 18.0 Å². The predicted octanol–water partition coefficient (Wildman–Crippen LogP) is 3.00. The fourth-order valence-electron chi connectivity index (χ4n) is 1.27. The molecule has 1 aromatic heterocycles. The van der Waals surface area contributed by atoms with E-state index in [2.05, 4.69) is 46.6 Å². The number of nitrogens with zero attached hydrogens (tertiary/aromatic N) is 2. The van der Waals surface area contributed by atoms with E-state index in [9.17, 15) is 0 Å². The van der Waals surface area contributed by atoms with E-state index >= 15 is 0 Å². The van der Waals surface area contributed by atoms with Gasteiger partial charge in [0.15, 0.2) is 0 Å². The third-order valence-electron chi connectivity index (χ3n) is 2.13. The molecule has 0 saturated heterocycles. The molecule has 0 spiro atoms. The molecule has 0 aliphatic heterocycles. The van der Waals surface area contributed by atoms with Crippen LogP contribution < -0.4 is 4.90 Å². The lowest BCUT2D eigenvalue weighted by Crippen LogP contribution is -2.23. The highest BCUT2D eigenvalue weighted by Crippen LogP contribution is 2.26. The number of aryl methyl sites for hydroxylation is 1. The highest BCUT2D eigenvalue weighted by molar-refractivity contribution is 9.10. The molecule has 0 amide bonds. The van der Waals surface area contributed by atoms with Crippen molar-refractivity contribution in [3.8, 4) is 0 Å². The number of hydrogen-bond acceptors (Lipinski definition) is 2. The molecule has 0 aromatic carbocycles. The van der Waals surface area contributed by atoms with E-state index in [0.717, 1.165) is 23.4 Å². The summed E-state index contributed by atoms with van der Waals surface area (Å²) < 4.78 is 1.11. The first kappa shape index (κ1) is 10.5. The van der Waals surface area contributed by atoms with Crippen LogP contribution in [-0.4, -0.2) is 18.1 Å². The minimum Gasteiger partial charge on any atom is -0.356 e. The van der Waals surface area contributed by atoms with Crippen molar-refractivity contribution < 1.29 is 0 Å². The summed E-state index contributed by atoms with van der Waals surface area (Å²) >= 11 is 3.56. The van der Waals surface area contributed by atoms with Crippen LogP contribution in [0.25, 0.3) is 0 Å². The zero-order valence-electron chi connectivity index (χ0n) is 8.34. The maximum atomic E-state index is 4.36. The van der Waals surface area contributed by atoms with E-state index in [1.165, 1.54) is 5.56 Å². The van der Waals surface area contributed by atoms with Crippen LogP contribution in [0.5, 0.6) is 0 Å². The average molecular weight is 243 g/mol. The summed E-state index contributed by atoms with van der Waals surface area (Å²) in [4.78, 5) is 6.59. The monoisotopic (exact) mass is 242 g/mol.